The molecule has 0 radical (unpaired) electrons. The number of benzene rings is 1. The zero-order valence-corrected chi connectivity index (χ0v) is 11.4. The molecule has 1 saturated carbocycles. The molecule has 0 saturated heterocycles. The van der Waals surface area contributed by atoms with E-state index in [0.717, 1.165) is 25.0 Å². The molecule has 110 valence electrons. The van der Waals surface area contributed by atoms with E-state index in [9.17, 15) is 18.0 Å². The fraction of sp³-hybridized carbons (Fsp3) is 0.500. The molecule has 0 atom stereocenters. The van der Waals surface area contributed by atoms with Gasteiger partial charge in [0.15, 0.2) is 0 Å². The average Bonchev–Trinajstić information content (AvgIpc) is 3.21. The van der Waals surface area contributed by atoms with Crippen LogP contribution < -0.4 is 5.32 Å². The lowest BCUT2D eigenvalue weighted by Gasteiger charge is -2.20. The number of amides is 1. The van der Waals surface area contributed by atoms with Gasteiger partial charge in [-0.25, -0.2) is 0 Å². The van der Waals surface area contributed by atoms with E-state index in [0.29, 0.717) is 12.2 Å². The van der Waals surface area contributed by atoms with Crippen molar-refractivity contribution in [1.29, 1.82) is 0 Å². The van der Waals surface area contributed by atoms with E-state index in [1.54, 1.807) is 7.05 Å². The number of carbonyl (C=O) groups excluding carboxylic acids is 1. The number of nitrogens with zero attached hydrogens (tertiary/aromatic N) is 1. The van der Waals surface area contributed by atoms with Crippen LogP contribution in [0, 0.1) is 0 Å². The summed E-state index contributed by atoms with van der Waals surface area (Å²) in [4.78, 5) is 13.8. The maximum Gasteiger partial charge on any atom is 0.416 e. The van der Waals surface area contributed by atoms with Gasteiger partial charge < -0.3 is 10.2 Å². The minimum atomic E-state index is -4.45. The molecule has 1 aromatic rings. The van der Waals surface area contributed by atoms with Crippen LogP contribution in [0.4, 0.5) is 18.9 Å². The van der Waals surface area contributed by atoms with E-state index in [1.165, 1.54) is 11.0 Å². The van der Waals surface area contributed by atoms with Crippen LogP contribution in [-0.2, 0) is 6.18 Å². The summed E-state index contributed by atoms with van der Waals surface area (Å²) in [6, 6.07) is 3.40. The predicted octanol–water partition coefficient (Wildman–Crippen LogP) is 3.37. The van der Waals surface area contributed by atoms with Crippen LogP contribution in [-0.4, -0.2) is 30.4 Å². The molecule has 1 fully saturated rings. The average molecular weight is 286 g/mol. The van der Waals surface area contributed by atoms with Gasteiger partial charge in [-0.2, -0.15) is 13.2 Å². The molecule has 0 bridgehead atoms. The van der Waals surface area contributed by atoms with Gasteiger partial charge in [-0.3, -0.25) is 4.79 Å². The summed E-state index contributed by atoms with van der Waals surface area (Å²) in [6.45, 7) is 2.37. The topological polar surface area (TPSA) is 32.3 Å². The molecule has 0 heterocycles. The summed E-state index contributed by atoms with van der Waals surface area (Å²) in [5.74, 6) is -0.366. The zero-order valence-electron chi connectivity index (χ0n) is 11.4. The third-order valence-corrected chi connectivity index (χ3v) is 3.36. The highest BCUT2D eigenvalue weighted by Crippen LogP contribution is 2.33. The Bertz CT molecular complexity index is 510. The third kappa shape index (κ3) is 3.05. The van der Waals surface area contributed by atoms with Crippen LogP contribution >= 0.6 is 0 Å². The molecule has 1 aliphatic carbocycles. The first kappa shape index (κ1) is 14.7. The van der Waals surface area contributed by atoms with Crippen LogP contribution in [0.2, 0.25) is 0 Å². The van der Waals surface area contributed by atoms with Crippen molar-refractivity contribution in [1.82, 2.24) is 4.90 Å². The first-order chi connectivity index (χ1) is 9.34. The fourth-order valence-corrected chi connectivity index (χ4v) is 2.06. The molecule has 1 amide bonds. The number of nitrogens with one attached hydrogen (secondary N) is 1. The van der Waals surface area contributed by atoms with Gasteiger partial charge in [0.05, 0.1) is 11.1 Å². The Morgan fingerprint density at radius 3 is 2.55 bits per heavy atom. The number of alkyl halides is 3. The molecule has 3 nitrogen and oxygen atoms in total. The van der Waals surface area contributed by atoms with Crippen LogP contribution in [0.15, 0.2) is 18.2 Å². The van der Waals surface area contributed by atoms with Gasteiger partial charge in [-0.05, 0) is 38.0 Å². The van der Waals surface area contributed by atoms with Crippen molar-refractivity contribution in [2.75, 3.05) is 18.9 Å². The normalized spacial score (nSPS) is 15.1. The standard InChI is InChI=1S/C14H17F3N2O/c1-3-18-12-7-4-9(14(15,16)17)8-11(12)13(20)19(2)10-5-6-10/h4,7-8,10,18H,3,5-6H2,1-2H3. The first-order valence-corrected chi connectivity index (χ1v) is 6.57. The van der Waals surface area contributed by atoms with Gasteiger partial charge in [0.2, 0.25) is 0 Å². The Hall–Kier alpha value is -1.72. The SMILES string of the molecule is CCNc1ccc(C(F)(F)F)cc1C(=O)N(C)C1CC1. The van der Waals surface area contributed by atoms with Gasteiger partial charge in [0, 0.05) is 25.3 Å². The molecule has 0 aromatic heterocycles. The third-order valence-electron chi connectivity index (χ3n) is 3.36. The molecular formula is C14H17F3N2O. The Balaban J connectivity index is 2.38. The summed E-state index contributed by atoms with van der Waals surface area (Å²) in [5, 5.41) is 2.94. The molecule has 0 aliphatic heterocycles. The molecule has 2 rings (SSSR count). The van der Waals surface area contributed by atoms with Crippen molar-refractivity contribution >= 4 is 11.6 Å². The van der Waals surface area contributed by atoms with Crippen molar-refractivity contribution in [2.45, 2.75) is 32.0 Å². The zero-order chi connectivity index (χ0) is 14.9. The van der Waals surface area contributed by atoms with E-state index >= 15 is 0 Å². The van der Waals surface area contributed by atoms with Crippen molar-refractivity contribution < 1.29 is 18.0 Å². The summed E-state index contributed by atoms with van der Waals surface area (Å²) in [7, 11) is 1.63. The molecule has 20 heavy (non-hydrogen) atoms. The van der Waals surface area contributed by atoms with E-state index in [4.69, 9.17) is 0 Å². The first-order valence-electron chi connectivity index (χ1n) is 6.57. The summed E-state index contributed by atoms with van der Waals surface area (Å²) < 4.78 is 38.3. The fourth-order valence-electron chi connectivity index (χ4n) is 2.06. The minimum absolute atomic E-state index is 0.0797. The smallest absolute Gasteiger partial charge is 0.385 e. The lowest BCUT2D eigenvalue weighted by molar-refractivity contribution is -0.137. The number of halogens is 3. The molecule has 1 aliphatic rings. The van der Waals surface area contributed by atoms with Crippen LogP contribution in [0.5, 0.6) is 0 Å². The van der Waals surface area contributed by atoms with E-state index < -0.39 is 11.7 Å². The number of anilines is 1. The van der Waals surface area contributed by atoms with Crippen molar-refractivity contribution in [3.63, 3.8) is 0 Å². The molecule has 1 N–H and O–H groups in total. The van der Waals surface area contributed by atoms with Crippen molar-refractivity contribution in [2.24, 2.45) is 0 Å². The highest BCUT2D eigenvalue weighted by molar-refractivity contribution is 6.00. The summed E-state index contributed by atoms with van der Waals surface area (Å²) in [5.41, 5.74) is -0.277. The Morgan fingerprint density at radius 1 is 1.40 bits per heavy atom. The molecule has 0 unspecified atom stereocenters. The lowest BCUT2D eigenvalue weighted by atomic mass is 10.1. The van der Waals surface area contributed by atoms with Crippen molar-refractivity contribution in [3.05, 3.63) is 29.3 Å². The maximum atomic E-state index is 12.8. The van der Waals surface area contributed by atoms with E-state index in [1.807, 2.05) is 6.92 Å². The van der Waals surface area contributed by atoms with Crippen LogP contribution in [0.1, 0.15) is 35.7 Å². The van der Waals surface area contributed by atoms with E-state index in [-0.39, 0.29) is 17.5 Å². The predicted molar refractivity (Wildman–Crippen MR) is 70.7 cm³/mol. The van der Waals surface area contributed by atoms with Gasteiger partial charge in [-0.15, -0.1) is 0 Å². The summed E-state index contributed by atoms with van der Waals surface area (Å²) >= 11 is 0. The van der Waals surface area contributed by atoms with Crippen LogP contribution in [0.3, 0.4) is 0 Å². The number of carbonyl (C=O) groups is 1. The highest BCUT2D eigenvalue weighted by Gasteiger charge is 2.34. The summed E-state index contributed by atoms with van der Waals surface area (Å²) in [6.07, 6.45) is -2.62. The van der Waals surface area contributed by atoms with Gasteiger partial charge in [0.1, 0.15) is 0 Å². The second kappa shape index (κ2) is 5.34. The largest absolute Gasteiger partial charge is 0.416 e. The molecule has 6 heteroatoms. The number of hydrogen-bond acceptors (Lipinski definition) is 2. The van der Waals surface area contributed by atoms with Gasteiger partial charge in [0.25, 0.3) is 5.91 Å². The molecule has 1 aromatic carbocycles. The number of rotatable bonds is 4. The molecule has 0 spiro atoms. The monoisotopic (exact) mass is 286 g/mol. The Morgan fingerprint density at radius 2 is 2.05 bits per heavy atom. The number of hydrogen-bond donors (Lipinski definition) is 1. The van der Waals surface area contributed by atoms with Crippen LogP contribution in [0.25, 0.3) is 0 Å². The quantitative estimate of drug-likeness (QED) is 0.920. The second-order valence-corrected chi connectivity index (χ2v) is 4.94. The van der Waals surface area contributed by atoms with Crippen molar-refractivity contribution in [3.8, 4) is 0 Å². The van der Waals surface area contributed by atoms with Gasteiger partial charge >= 0.3 is 6.18 Å². The Labute approximate surface area is 115 Å². The maximum absolute atomic E-state index is 12.8. The minimum Gasteiger partial charge on any atom is -0.385 e. The lowest BCUT2D eigenvalue weighted by Crippen LogP contribution is -2.29. The highest BCUT2D eigenvalue weighted by atomic mass is 19.4. The molecular weight excluding hydrogens is 269 g/mol. The Kier molecular flexibility index (Phi) is 3.92. The van der Waals surface area contributed by atoms with Gasteiger partial charge in [-0.1, -0.05) is 0 Å². The second-order valence-electron chi connectivity index (χ2n) is 4.94. The van der Waals surface area contributed by atoms with E-state index in [2.05, 4.69) is 5.32 Å².